The summed E-state index contributed by atoms with van der Waals surface area (Å²) >= 11 is 0. The molecule has 3 rings (SSSR count). The van der Waals surface area contributed by atoms with Crippen LogP contribution in [0.1, 0.15) is 66.2 Å². The minimum atomic E-state index is -0.879. The second-order valence-corrected chi connectivity index (χ2v) is 8.99. The number of carboxylic acid groups (broad SMARTS) is 1. The predicted octanol–water partition coefficient (Wildman–Crippen LogP) is 5.53. The van der Waals surface area contributed by atoms with Crippen molar-refractivity contribution < 1.29 is 14.6 Å². The number of ether oxygens (including phenoxy) is 1. The first kappa shape index (κ1) is 19.6. The number of benzene rings is 2. The van der Waals surface area contributed by atoms with Crippen LogP contribution in [0.3, 0.4) is 0 Å². The van der Waals surface area contributed by atoms with Crippen LogP contribution in [-0.4, -0.2) is 17.7 Å². The van der Waals surface area contributed by atoms with E-state index >= 15 is 0 Å². The second-order valence-electron chi connectivity index (χ2n) is 8.99. The van der Waals surface area contributed by atoms with Gasteiger partial charge in [-0.1, -0.05) is 51.1 Å². The fourth-order valence-electron chi connectivity index (χ4n) is 3.45. The topological polar surface area (TPSA) is 46.5 Å². The molecule has 3 heteroatoms. The van der Waals surface area contributed by atoms with Crippen LogP contribution in [0, 0.1) is 12.3 Å². The number of carboxylic acids is 1. The molecule has 1 fully saturated rings. The van der Waals surface area contributed by atoms with Crippen molar-refractivity contribution in [1.82, 2.24) is 0 Å². The Hall–Kier alpha value is -2.13. The van der Waals surface area contributed by atoms with E-state index in [1.165, 1.54) is 16.7 Å². The number of hydrogen-bond donors (Lipinski definition) is 1. The van der Waals surface area contributed by atoms with Crippen molar-refractivity contribution in [1.29, 1.82) is 0 Å². The summed E-state index contributed by atoms with van der Waals surface area (Å²) in [5.74, 6) is -0.879. The van der Waals surface area contributed by atoms with E-state index in [-0.39, 0.29) is 11.0 Å². The molecule has 1 saturated carbocycles. The SMILES string of the molecule is Cc1cc(CCc2ccc(C(=O)O)cc2)ccc1C1(OCC(C)(C)C)CC1. The lowest BCUT2D eigenvalue weighted by Gasteiger charge is -2.25. The maximum Gasteiger partial charge on any atom is 0.335 e. The van der Waals surface area contributed by atoms with Crippen LogP contribution in [0.25, 0.3) is 0 Å². The van der Waals surface area contributed by atoms with Gasteiger partial charge in [0.15, 0.2) is 0 Å². The first-order valence-electron chi connectivity index (χ1n) is 9.75. The summed E-state index contributed by atoms with van der Waals surface area (Å²) in [6.45, 7) is 9.59. The molecule has 0 aromatic heterocycles. The molecule has 1 aliphatic carbocycles. The van der Waals surface area contributed by atoms with Crippen molar-refractivity contribution in [2.45, 2.75) is 59.0 Å². The lowest BCUT2D eigenvalue weighted by atomic mass is 9.95. The Balaban J connectivity index is 1.64. The van der Waals surface area contributed by atoms with Crippen molar-refractivity contribution in [3.05, 3.63) is 70.3 Å². The maximum absolute atomic E-state index is 10.9. The third-order valence-corrected chi connectivity index (χ3v) is 5.17. The van der Waals surface area contributed by atoms with Crippen LogP contribution in [-0.2, 0) is 23.2 Å². The molecule has 0 unspecified atom stereocenters. The summed E-state index contributed by atoms with van der Waals surface area (Å²) in [5, 5.41) is 8.98. The summed E-state index contributed by atoms with van der Waals surface area (Å²) in [7, 11) is 0. The van der Waals surface area contributed by atoms with Gasteiger partial charge >= 0.3 is 5.97 Å². The summed E-state index contributed by atoms with van der Waals surface area (Å²) in [5.41, 5.74) is 5.56. The smallest absolute Gasteiger partial charge is 0.335 e. The molecular weight excluding hydrogens is 336 g/mol. The molecule has 2 aromatic carbocycles. The number of carbonyl (C=O) groups is 1. The molecule has 0 radical (unpaired) electrons. The Morgan fingerprint density at radius 2 is 1.63 bits per heavy atom. The molecule has 27 heavy (non-hydrogen) atoms. The third kappa shape index (κ3) is 4.98. The molecule has 1 N–H and O–H groups in total. The van der Waals surface area contributed by atoms with Crippen molar-refractivity contribution in [2.75, 3.05) is 6.61 Å². The van der Waals surface area contributed by atoms with Gasteiger partial charge in [0.1, 0.15) is 0 Å². The highest BCUT2D eigenvalue weighted by Gasteiger charge is 2.47. The highest BCUT2D eigenvalue weighted by Crippen LogP contribution is 2.51. The van der Waals surface area contributed by atoms with Crippen LogP contribution in [0.2, 0.25) is 0 Å². The Labute approximate surface area is 162 Å². The average Bonchev–Trinajstić information content (AvgIpc) is 3.39. The molecule has 3 nitrogen and oxygen atoms in total. The van der Waals surface area contributed by atoms with E-state index in [4.69, 9.17) is 9.84 Å². The first-order valence-corrected chi connectivity index (χ1v) is 9.75. The summed E-state index contributed by atoms with van der Waals surface area (Å²) in [4.78, 5) is 10.9. The highest BCUT2D eigenvalue weighted by atomic mass is 16.5. The number of rotatable bonds is 7. The number of aryl methyl sites for hydroxylation is 3. The van der Waals surface area contributed by atoms with Crippen molar-refractivity contribution in [3.63, 3.8) is 0 Å². The summed E-state index contributed by atoms with van der Waals surface area (Å²) in [6.07, 6.45) is 4.08. The molecule has 0 heterocycles. The predicted molar refractivity (Wildman–Crippen MR) is 108 cm³/mol. The molecule has 1 aliphatic rings. The Morgan fingerprint density at radius 3 is 2.15 bits per heavy atom. The van der Waals surface area contributed by atoms with E-state index in [9.17, 15) is 4.79 Å². The quantitative estimate of drug-likeness (QED) is 0.701. The summed E-state index contributed by atoms with van der Waals surface area (Å²) < 4.78 is 6.32. The molecule has 0 atom stereocenters. The van der Waals surface area contributed by atoms with E-state index in [1.807, 2.05) is 12.1 Å². The van der Waals surface area contributed by atoms with Gasteiger partial charge in [0.2, 0.25) is 0 Å². The molecule has 144 valence electrons. The van der Waals surface area contributed by atoms with Gasteiger partial charge < -0.3 is 9.84 Å². The molecule has 0 saturated heterocycles. The van der Waals surface area contributed by atoms with Gasteiger partial charge in [-0.05, 0) is 72.4 Å². The fourth-order valence-corrected chi connectivity index (χ4v) is 3.45. The van der Waals surface area contributed by atoms with E-state index in [0.717, 1.165) is 37.9 Å². The normalized spacial score (nSPS) is 15.6. The van der Waals surface area contributed by atoms with Gasteiger partial charge in [0.05, 0.1) is 17.8 Å². The first-order chi connectivity index (χ1) is 12.7. The van der Waals surface area contributed by atoms with E-state index in [2.05, 4.69) is 45.9 Å². The van der Waals surface area contributed by atoms with Crippen molar-refractivity contribution >= 4 is 5.97 Å². The van der Waals surface area contributed by atoms with Gasteiger partial charge in [0, 0.05) is 0 Å². The van der Waals surface area contributed by atoms with Crippen LogP contribution in [0.5, 0.6) is 0 Å². The van der Waals surface area contributed by atoms with Crippen LogP contribution in [0.4, 0.5) is 0 Å². The molecule has 0 spiro atoms. The van der Waals surface area contributed by atoms with Crippen molar-refractivity contribution in [3.8, 4) is 0 Å². The zero-order valence-electron chi connectivity index (χ0n) is 16.8. The third-order valence-electron chi connectivity index (χ3n) is 5.17. The van der Waals surface area contributed by atoms with Gasteiger partial charge in [-0.2, -0.15) is 0 Å². The Morgan fingerprint density at radius 1 is 1.04 bits per heavy atom. The minimum absolute atomic E-state index is 0.0669. The molecule has 0 aliphatic heterocycles. The van der Waals surface area contributed by atoms with Crippen LogP contribution in [0.15, 0.2) is 42.5 Å². The highest BCUT2D eigenvalue weighted by molar-refractivity contribution is 5.87. The molecule has 0 amide bonds. The zero-order valence-corrected chi connectivity index (χ0v) is 16.8. The number of hydrogen-bond acceptors (Lipinski definition) is 2. The number of aromatic carboxylic acids is 1. The molecule has 2 aromatic rings. The molecular formula is C24H30O3. The largest absolute Gasteiger partial charge is 0.478 e. The van der Waals surface area contributed by atoms with Crippen LogP contribution < -0.4 is 0 Å². The Kier molecular flexibility index (Phi) is 5.43. The minimum Gasteiger partial charge on any atom is -0.478 e. The van der Waals surface area contributed by atoms with Gasteiger partial charge in [-0.25, -0.2) is 4.79 Å². The van der Waals surface area contributed by atoms with E-state index in [0.29, 0.717) is 5.56 Å². The Bertz CT molecular complexity index is 809. The lowest BCUT2D eigenvalue weighted by molar-refractivity contribution is -0.0120. The fraction of sp³-hybridized carbons (Fsp3) is 0.458. The second kappa shape index (κ2) is 7.47. The van der Waals surface area contributed by atoms with Gasteiger partial charge in [0.25, 0.3) is 0 Å². The monoisotopic (exact) mass is 366 g/mol. The zero-order chi connectivity index (χ0) is 19.7. The lowest BCUT2D eigenvalue weighted by Crippen LogP contribution is -2.22. The van der Waals surface area contributed by atoms with Gasteiger partial charge in [-0.3, -0.25) is 0 Å². The standard InChI is InChI=1S/C24H30O3/c1-17-15-19(6-5-18-7-10-20(11-8-18)22(25)26)9-12-21(17)24(13-14-24)27-16-23(2,3)4/h7-12,15H,5-6,13-14,16H2,1-4H3,(H,25,26). The van der Waals surface area contributed by atoms with E-state index < -0.39 is 5.97 Å². The maximum atomic E-state index is 10.9. The molecule has 0 bridgehead atoms. The van der Waals surface area contributed by atoms with E-state index in [1.54, 1.807) is 12.1 Å². The summed E-state index contributed by atoms with van der Waals surface area (Å²) in [6, 6.07) is 13.9. The average molecular weight is 367 g/mol. The van der Waals surface area contributed by atoms with Gasteiger partial charge in [-0.15, -0.1) is 0 Å². The van der Waals surface area contributed by atoms with Crippen LogP contribution >= 0.6 is 0 Å². The van der Waals surface area contributed by atoms with Crippen molar-refractivity contribution in [2.24, 2.45) is 5.41 Å².